The Morgan fingerprint density at radius 3 is 2.40 bits per heavy atom. The number of hydrogen-bond acceptors (Lipinski definition) is 4. The minimum atomic E-state index is -4.05. The van der Waals surface area contributed by atoms with Crippen LogP contribution in [0.4, 0.5) is 0 Å². The Bertz CT molecular complexity index is 1360. The number of benzene rings is 3. The molecule has 0 radical (unpaired) electrons. The van der Waals surface area contributed by atoms with Gasteiger partial charge >= 0.3 is 5.97 Å². The van der Waals surface area contributed by atoms with Crippen LogP contribution in [-0.4, -0.2) is 25.5 Å². The van der Waals surface area contributed by atoms with E-state index in [-0.39, 0.29) is 15.5 Å². The number of methoxy groups -OCH3 is 1. The Labute approximate surface area is 187 Å². The third-order valence-corrected chi connectivity index (χ3v) is 7.01. The van der Waals surface area contributed by atoms with Gasteiger partial charge in [0.1, 0.15) is 0 Å². The zero-order chi connectivity index (χ0) is 21.5. The Morgan fingerprint density at radius 1 is 1.00 bits per heavy atom. The van der Waals surface area contributed by atoms with Crippen molar-refractivity contribution in [3.8, 4) is 11.3 Å². The first-order valence-corrected chi connectivity index (χ1v) is 11.4. The lowest BCUT2D eigenvalue weighted by molar-refractivity contribution is 0.0601. The summed E-state index contributed by atoms with van der Waals surface area (Å²) < 4.78 is 34.0. The predicted octanol–water partition coefficient (Wildman–Crippen LogP) is 5.75. The summed E-state index contributed by atoms with van der Waals surface area (Å²) in [5.74, 6) is -0.547. The van der Waals surface area contributed by atoms with Gasteiger partial charge in [-0.05, 0) is 42.0 Å². The molecule has 0 bridgehead atoms. The third kappa shape index (κ3) is 3.64. The molecule has 4 rings (SSSR count). The van der Waals surface area contributed by atoms with E-state index < -0.39 is 16.0 Å². The van der Waals surface area contributed by atoms with Crippen molar-refractivity contribution in [2.24, 2.45) is 0 Å². The Morgan fingerprint density at radius 2 is 1.73 bits per heavy atom. The lowest BCUT2D eigenvalue weighted by Gasteiger charge is -2.13. The number of carbonyl (C=O) groups excluding carboxylic acids is 1. The molecular formula is C22H15BrClNO4S. The van der Waals surface area contributed by atoms with Crippen LogP contribution in [0, 0.1) is 0 Å². The van der Waals surface area contributed by atoms with E-state index in [9.17, 15) is 13.2 Å². The van der Waals surface area contributed by atoms with Crippen molar-refractivity contribution < 1.29 is 17.9 Å². The first-order chi connectivity index (χ1) is 14.3. The summed E-state index contributed by atoms with van der Waals surface area (Å²) in [6.45, 7) is 0. The van der Waals surface area contributed by atoms with E-state index in [0.29, 0.717) is 21.1 Å². The zero-order valence-electron chi connectivity index (χ0n) is 15.7. The molecule has 0 N–H and O–H groups in total. The van der Waals surface area contributed by atoms with Crippen molar-refractivity contribution in [2.45, 2.75) is 4.90 Å². The van der Waals surface area contributed by atoms with Gasteiger partial charge in [-0.1, -0.05) is 63.9 Å². The Kier molecular flexibility index (Phi) is 5.44. The van der Waals surface area contributed by atoms with Crippen molar-refractivity contribution in [2.75, 3.05) is 7.11 Å². The van der Waals surface area contributed by atoms with E-state index in [1.807, 2.05) is 30.3 Å². The fourth-order valence-corrected chi connectivity index (χ4v) is 5.95. The molecule has 152 valence electrons. The van der Waals surface area contributed by atoms with Gasteiger partial charge in [-0.3, -0.25) is 0 Å². The molecule has 30 heavy (non-hydrogen) atoms. The van der Waals surface area contributed by atoms with Crippen LogP contribution < -0.4 is 0 Å². The number of ether oxygens (including phenoxy) is 1. The molecule has 0 amide bonds. The van der Waals surface area contributed by atoms with Gasteiger partial charge in [0, 0.05) is 14.9 Å². The molecule has 0 saturated carbocycles. The van der Waals surface area contributed by atoms with Crippen LogP contribution in [0.3, 0.4) is 0 Å². The quantitative estimate of drug-likeness (QED) is 0.332. The summed E-state index contributed by atoms with van der Waals surface area (Å²) in [6, 6.07) is 20.3. The summed E-state index contributed by atoms with van der Waals surface area (Å²) in [4.78, 5) is 12.1. The molecule has 1 heterocycles. The van der Waals surface area contributed by atoms with Gasteiger partial charge < -0.3 is 4.74 Å². The molecule has 0 aliphatic heterocycles. The molecule has 4 aromatic rings. The summed E-state index contributed by atoms with van der Waals surface area (Å²) in [6.07, 6.45) is 0. The normalized spacial score (nSPS) is 11.6. The van der Waals surface area contributed by atoms with Gasteiger partial charge in [0.2, 0.25) is 0 Å². The SMILES string of the molecule is COC(=O)c1ccc2cc(-c3ccccc3)n(S(=O)(=O)c3cc(Cl)cc(Br)c3)c2c1. The predicted molar refractivity (Wildman–Crippen MR) is 120 cm³/mol. The molecule has 0 aliphatic rings. The van der Waals surface area contributed by atoms with E-state index in [4.69, 9.17) is 16.3 Å². The summed E-state index contributed by atoms with van der Waals surface area (Å²) in [7, 11) is -2.77. The highest BCUT2D eigenvalue weighted by Gasteiger charge is 2.25. The maximum absolute atomic E-state index is 13.7. The van der Waals surface area contributed by atoms with Crippen LogP contribution in [0.5, 0.6) is 0 Å². The number of hydrogen-bond donors (Lipinski definition) is 0. The number of carbonyl (C=O) groups is 1. The highest BCUT2D eigenvalue weighted by Crippen LogP contribution is 2.34. The molecule has 8 heteroatoms. The third-order valence-electron chi connectivity index (χ3n) is 4.63. The first kappa shape index (κ1) is 20.7. The largest absolute Gasteiger partial charge is 0.465 e. The molecular weight excluding hydrogens is 490 g/mol. The Balaban J connectivity index is 2.08. The smallest absolute Gasteiger partial charge is 0.337 e. The van der Waals surface area contributed by atoms with Crippen LogP contribution >= 0.6 is 27.5 Å². The van der Waals surface area contributed by atoms with Gasteiger partial charge in [0.15, 0.2) is 0 Å². The highest BCUT2D eigenvalue weighted by molar-refractivity contribution is 9.10. The van der Waals surface area contributed by atoms with Gasteiger partial charge in [-0.2, -0.15) is 0 Å². The molecule has 1 aromatic heterocycles. The molecule has 5 nitrogen and oxygen atoms in total. The number of fused-ring (bicyclic) bond motifs is 1. The zero-order valence-corrected chi connectivity index (χ0v) is 18.8. The van der Waals surface area contributed by atoms with E-state index in [1.165, 1.54) is 29.3 Å². The highest BCUT2D eigenvalue weighted by atomic mass is 79.9. The molecule has 0 fully saturated rings. The average Bonchev–Trinajstić information content (AvgIpc) is 3.12. The maximum atomic E-state index is 13.7. The van der Waals surface area contributed by atoms with Crippen molar-refractivity contribution in [3.63, 3.8) is 0 Å². The van der Waals surface area contributed by atoms with Crippen molar-refractivity contribution in [1.29, 1.82) is 0 Å². The number of esters is 1. The number of halogens is 2. The molecule has 0 aliphatic carbocycles. The second kappa shape index (κ2) is 7.91. The average molecular weight is 505 g/mol. The van der Waals surface area contributed by atoms with Crippen LogP contribution in [-0.2, 0) is 14.8 Å². The monoisotopic (exact) mass is 503 g/mol. The number of nitrogens with zero attached hydrogens (tertiary/aromatic N) is 1. The fraction of sp³-hybridized carbons (Fsp3) is 0.0455. The summed E-state index contributed by atoms with van der Waals surface area (Å²) in [5.41, 5.74) is 1.82. The van der Waals surface area contributed by atoms with Crippen molar-refractivity contribution in [3.05, 3.63) is 87.9 Å². The topological polar surface area (TPSA) is 65.4 Å². The van der Waals surface area contributed by atoms with Crippen LogP contribution in [0.25, 0.3) is 22.2 Å². The molecule has 0 spiro atoms. The lowest BCUT2D eigenvalue weighted by atomic mass is 10.1. The summed E-state index contributed by atoms with van der Waals surface area (Å²) >= 11 is 9.42. The minimum absolute atomic E-state index is 0.0278. The van der Waals surface area contributed by atoms with Crippen molar-refractivity contribution in [1.82, 2.24) is 3.97 Å². The van der Waals surface area contributed by atoms with Gasteiger partial charge in [0.25, 0.3) is 10.0 Å². The second-order valence-electron chi connectivity index (χ2n) is 6.54. The first-order valence-electron chi connectivity index (χ1n) is 8.82. The van der Waals surface area contributed by atoms with Crippen LogP contribution in [0.2, 0.25) is 5.02 Å². The van der Waals surface area contributed by atoms with Gasteiger partial charge in [-0.15, -0.1) is 0 Å². The molecule has 3 aromatic carbocycles. The molecule has 0 atom stereocenters. The molecule has 0 saturated heterocycles. The van der Waals surface area contributed by atoms with E-state index in [1.54, 1.807) is 24.3 Å². The Hall–Kier alpha value is -2.61. The van der Waals surface area contributed by atoms with E-state index in [2.05, 4.69) is 15.9 Å². The number of rotatable bonds is 4. The number of aromatic nitrogens is 1. The maximum Gasteiger partial charge on any atom is 0.337 e. The van der Waals surface area contributed by atoms with Gasteiger partial charge in [-0.25, -0.2) is 17.2 Å². The minimum Gasteiger partial charge on any atom is -0.465 e. The second-order valence-corrected chi connectivity index (χ2v) is 9.67. The summed E-state index contributed by atoms with van der Waals surface area (Å²) in [5, 5.41) is 0.960. The van der Waals surface area contributed by atoms with E-state index >= 15 is 0 Å². The fourth-order valence-electron chi connectivity index (χ4n) is 3.27. The van der Waals surface area contributed by atoms with Crippen molar-refractivity contribution >= 4 is 54.4 Å². The lowest BCUT2D eigenvalue weighted by Crippen LogP contribution is -2.14. The van der Waals surface area contributed by atoms with E-state index in [0.717, 1.165) is 5.56 Å². The standard InChI is InChI=1S/C22H15BrClNO4S/c1-29-22(26)16-8-7-15-9-20(14-5-3-2-4-6-14)25(21(15)10-16)30(27,28)19-12-17(23)11-18(24)13-19/h2-13H,1H3. The molecule has 0 unspecified atom stereocenters. The van der Waals surface area contributed by atoms with Crippen LogP contribution in [0.15, 0.2) is 82.2 Å². The van der Waals surface area contributed by atoms with Gasteiger partial charge in [0.05, 0.1) is 28.8 Å². The van der Waals surface area contributed by atoms with Crippen LogP contribution in [0.1, 0.15) is 10.4 Å².